The molecule has 1 atom stereocenters. The van der Waals surface area contributed by atoms with Gasteiger partial charge < -0.3 is 4.74 Å². The summed E-state index contributed by atoms with van der Waals surface area (Å²) in [7, 11) is 0. The van der Waals surface area contributed by atoms with Crippen LogP contribution < -0.4 is 4.74 Å². The fourth-order valence-corrected chi connectivity index (χ4v) is 1.16. The average molecular weight is 193 g/mol. The first-order valence-corrected chi connectivity index (χ1v) is 4.76. The van der Waals surface area contributed by atoms with Crippen molar-refractivity contribution in [2.45, 2.75) is 33.1 Å². The van der Waals surface area contributed by atoms with E-state index in [2.05, 4.69) is 18.8 Å². The molecule has 76 valence electrons. The Kier molecular flexibility index (Phi) is 3.63. The van der Waals surface area contributed by atoms with Gasteiger partial charge >= 0.3 is 5.97 Å². The topological polar surface area (TPSA) is 39.2 Å². The lowest BCUT2D eigenvalue weighted by Crippen LogP contribution is -2.02. The van der Waals surface area contributed by atoms with Crippen LogP contribution in [-0.2, 0) is 4.79 Å². The van der Waals surface area contributed by atoms with Gasteiger partial charge in [-0.25, -0.2) is 0 Å². The lowest BCUT2D eigenvalue weighted by atomic mass is 10.0. The molecule has 1 heterocycles. The van der Waals surface area contributed by atoms with Gasteiger partial charge in [-0.15, -0.1) is 0 Å². The molecule has 0 aliphatic carbocycles. The van der Waals surface area contributed by atoms with Crippen LogP contribution in [0.3, 0.4) is 0 Å². The number of ether oxygens (including phenoxy) is 1. The number of esters is 1. The van der Waals surface area contributed by atoms with Crippen molar-refractivity contribution in [3.05, 3.63) is 24.0 Å². The van der Waals surface area contributed by atoms with Crippen LogP contribution in [0.25, 0.3) is 0 Å². The van der Waals surface area contributed by atoms with Crippen molar-refractivity contribution in [3.8, 4) is 5.75 Å². The summed E-state index contributed by atoms with van der Waals surface area (Å²) in [5.41, 5.74) is 1.10. The molecule has 0 aromatic carbocycles. The lowest BCUT2D eigenvalue weighted by molar-refractivity contribution is -0.131. The van der Waals surface area contributed by atoms with Crippen molar-refractivity contribution in [3.63, 3.8) is 0 Å². The van der Waals surface area contributed by atoms with Gasteiger partial charge in [0.1, 0.15) is 5.75 Å². The molecular weight excluding hydrogens is 178 g/mol. The zero-order valence-corrected chi connectivity index (χ0v) is 8.78. The molecule has 0 aliphatic rings. The molecule has 0 amide bonds. The smallest absolute Gasteiger partial charge is 0.308 e. The SMILES string of the molecule is CCC(C)c1cncc(OC(C)=O)c1. The molecule has 0 N–H and O–H groups in total. The van der Waals surface area contributed by atoms with Gasteiger partial charge in [0.15, 0.2) is 0 Å². The minimum absolute atomic E-state index is 0.312. The Morgan fingerprint density at radius 1 is 1.57 bits per heavy atom. The second-order valence-corrected chi connectivity index (χ2v) is 3.36. The molecule has 0 radical (unpaired) electrons. The molecule has 1 unspecified atom stereocenters. The summed E-state index contributed by atoms with van der Waals surface area (Å²) in [6.45, 7) is 5.62. The number of rotatable bonds is 3. The molecule has 3 nitrogen and oxygen atoms in total. The molecule has 0 bridgehead atoms. The van der Waals surface area contributed by atoms with Crippen LogP contribution in [0, 0.1) is 0 Å². The molecule has 1 aromatic rings. The number of hydrogen-bond donors (Lipinski definition) is 0. The van der Waals surface area contributed by atoms with Gasteiger partial charge in [0.2, 0.25) is 0 Å². The van der Waals surface area contributed by atoms with E-state index in [0.717, 1.165) is 12.0 Å². The fourth-order valence-electron chi connectivity index (χ4n) is 1.16. The highest BCUT2D eigenvalue weighted by atomic mass is 16.5. The van der Waals surface area contributed by atoms with Crippen molar-refractivity contribution in [1.29, 1.82) is 0 Å². The quantitative estimate of drug-likeness (QED) is 0.692. The predicted octanol–water partition coefficient (Wildman–Crippen LogP) is 2.52. The summed E-state index contributed by atoms with van der Waals surface area (Å²) < 4.78 is 4.95. The predicted molar refractivity (Wildman–Crippen MR) is 54.3 cm³/mol. The third-order valence-electron chi connectivity index (χ3n) is 2.18. The number of nitrogens with zero attached hydrogens (tertiary/aromatic N) is 1. The van der Waals surface area contributed by atoms with E-state index in [1.807, 2.05) is 6.07 Å². The lowest BCUT2D eigenvalue weighted by Gasteiger charge is -2.09. The Morgan fingerprint density at radius 3 is 2.86 bits per heavy atom. The van der Waals surface area contributed by atoms with Crippen molar-refractivity contribution in [2.24, 2.45) is 0 Å². The first kappa shape index (κ1) is 10.7. The monoisotopic (exact) mass is 193 g/mol. The second-order valence-electron chi connectivity index (χ2n) is 3.36. The molecular formula is C11H15NO2. The summed E-state index contributed by atoms with van der Waals surface area (Å²) in [4.78, 5) is 14.7. The standard InChI is InChI=1S/C11H15NO2/c1-4-8(2)10-5-11(7-12-6-10)14-9(3)13/h5-8H,4H2,1-3H3. The minimum Gasteiger partial charge on any atom is -0.425 e. The van der Waals surface area contributed by atoms with Gasteiger partial charge in [0.25, 0.3) is 0 Å². The summed E-state index contributed by atoms with van der Waals surface area (Å²) in [6, 6.07) is 1.86. The van der Waals surface area contributed by atoms with Crippen LogP contribution in [0.1, 0.15) is 38.7 Å². The van der Waals surface area contributed by atoms with Crippen LogP contribution in [0.5, 0.6) is 5.75 Å². The Hall–Kier alpha value is -1.38. The van der Waals surface area contributed by atoms with Gasteiger partial charge in [0, 0.05) is 13.1 Å². The normalized spacial score (nSPS) is 12.2. The van der Waals surface area contributed by atoms with E-state index in [9.17, 15) is 4.79 Å². The fraction of sp³-hybridized carbons (Fsp3) is 0.455. The largest absolute Gasteiger partial charge is 0.425 e. The van der Waals surface area contributed by atoms with Crippen LogP contribution in [0.15, 0.2) is 18.5 Å². The third kappa shape index (κ3) is 2.83. The van der Waals surface area contributed by atoms with Gasteiger partial charge in [-0.2, -0.15) is 0 Å². The average Bonchev–Trinajstić information content (AvgIpc) is 2.16. The Balaban J connectivity index is 2.83. The van der Waals surface area contributed by atoms with Gasteiger partial charge in [0.05, 0.1) is 6.20 Å². The first-order chi connectivity index (χ1) is 6.63. The number of pyridine rings is 1. The molecule has 0 saturated heterocycles. The van der Waals surface area contributed by atoms with Gasteiger partial charge in [-0.1, -0.05) is 13.8 Å². The van der Waals surface area contributed by atoms with Crippen LogP contribution in [0.4, 0.5) is 0 Å². The third-order valence-corrected chi connectivity index (χ3v) is 2.18. The highest BCUT2D eigenvalue weighted by Crippen LogP contribution is 2.21. The number of carbonyl (C=O) groups excluding carboxylic acids is 1. The summed E-state index contributed by atoms with van der Waals surface area (Å²) in [5, 5.41) is 0. The summed E-state index contributed by atoms with van der Waals surface area (Å²) in [5.74, 6) is 0.654. The van der Waals surface area contributed by atoms with E-state index in [0.29, 0.717) is 11.7 Å². The van der Waals surface area contributed by atoms with Crippen molar-refractivity contribution in [1.82, 2.24) is 4.98 Å². The summed E-state index contributed by atoms with van der Waals surface area (Å²) >= 11 is 0. The van der Waals surface area contributed by atoms with E-state index in [4.69, 9.17) is 4.74 Å². The molecule has 0 spiro atoms. The highest BCUT2D eigenvalue weighted by Gasteiger charge is 2.05. The molecule has 0 fully saturated rings. The number of hydrogen-bond acceptors (Lipinski definition) is 3. The molecule has 0 aliphatic heterocycles. The maximum atomic E-state index is 10.7. The van der Waals surface area contributed by atoms with Crippen LogP contribution in [-0.4, -0.2) is 11.0 Å². The number of aromatic nitrogens is 1. The van der Waals surface area contributed by atoms with Crippen molar-refractivity contribution < 1.29 is 9.53 Å². The maximum Gasteiger partial charge on any atom is 0.308 e. The molecule has 1 rings (SSSR count). The Morgan fingerprint density at radius 2 is 2.29 bits per heavy atom. The minimum atomic E-state index is -0.312. The van der Waals surface area contributed by atoms with Crippen LogP contribution >= 0.6 is 0 Å². The van der Waals surface area contributed by atoms with E-state index in [1.165, 1.54) is 6.92 Å². The molecule has 3 heteroatoms. The zero-order valence-electron chi connectivity index (χ0n) is 8.78. The molecule has 0 saturated carbocycles. The highest BCUT2D eigenvalue weighted by molar-refractivity contribution is 5.69. The van der Waals surface area contributed by atoms with E-state index in [-0.39, 0.29) is 5.97 Å². The number of carbonyl (C=O) groups is 1. The first-order valence-electron chi connectivity index (χ1n) is 4.76. The van der Waals surface area contributed by atoms with Gasteiger partial charge in [-0.05, 0) is 24.0 Å². The summed E-state index contributed by atoms with van der Waals surface area (Å²) in [6.07, 6.45) is 4.40. The maximum absolute atomic E-state index is 10.7. The van der Waals surface area contributed by atoms with E-state index >= 15 is 0 Å². The second kappa shape index (κ2) is 4.74. The van der Waals surface area contributed by atoms with Gasteiger partial charge in [-0.3, -0.25) is 9.78 Å². The van der Waals surface area contributed by atoms with Crippen molar-refractivity contribution in [2.75, 3.05) is 0 Å². The van der Waals surface area contributed by atoms with E-state index in [1.54, 1.807) is 12.4 Å². The molecule has 1 aromatic heterocycles. The van der Waals surface area contributed by atoms with E-state index < -0.39 is 0 Å². The zero-order chi connectivity index (χ0) is 10.6. The Bertz CT molecular complexity index is 323. The van der Waals surface area contributed by atoms with Crippen molar-refractivity contribution >= 4 is 5.97 Å². The Labute approximate surface area is 84.1 Å². The van der Waals surface area contributed by atoms with Crippen LogP contribution in [0.2, 0.25) is 0 Å². The molecule has 14 heavy (non-hydrogen) atoms.